The number of piperazine rings is 1. The number of aryl methyl sites for hydroxylation is 1. The molecule has 0 saturated carbocycles. The standard InChI is InChI=1S/C26H25N3O4S/c1-2-29-20-6-4-3-5-18(20)24-19(25(29)30)14-23(34-24)26(31)28-11-9-27(10-12-28)15-17-7-8-21-22(13-17)33-16-32-21/h3-8,13-14H,2,9-12,15-16H2,1H3. The van der Waals surface area contributed by atoms with E-state index in [2.05, 4.69) is 11.0 Å². The predicted octanol–water partition coefficient (Wildman–Crippen LogP) is 3.92. The highest BCUT2D eigenvalue weighted by Gasteiger charge is 2.25. The van der Waals surface area contributed by atoms with Crippen LogP contribution in [0.2, 0.25) is 0 Å². The van der Waals surface area contributed by atoms with E-state index in [1.165, 1.54) is 16.9 Å². The Kier molecular flexibility index (Phi) is 5.27. The van der Waals surface area contributed by atoms with Crippen LogP contribution in [0.15, 0.2) is 53.3 Å². The Bertz CT molecular complexity index is 1470. The van der Waals surface area contributed by atoms with Gasteiger partial charge in [0.15, 0.2) is 11.5 Å². The van der Waals surface area contributed by atoms with Gasteiger partial charge in [-0.3, -0.25) is 14.5 Å². The lowest BCUT2D eigenvalue weighted by Crippen LogP contribution is -2.48. The SMILES string of the molecule is CCn1c(=O)c2cc(C(=O)N3CCN(Cc4ccc5c(c4)OCO5)CC3)sc2c2ccccc21. The van der Waals surface area contributed by atoms with Crippen molar-refractivity contribution in [3.63, 3.8) is 0 Å². The Labute approximate surface area is 200 Å². The van der Waals surface area contributed by atoms with Crippen LogP contribution in [0.3, 0.4) is 0 Å². The Morgan fingerprint density at radius 3 is 2.59 bits per heavy atom. The smallest absolute Gasteiger partial charge is 0.264 e. The highest BCUT2D eigenvalue weighted by molar-refractivity contribution is 7.21. The number of aromatic nitrogens is 1. The molecule has 1 saturated heterocycles. The number of thiophene rings is 1. The summed E-state index contributed by atoms with van der Waals surface area (Å²) in [5.74, 6) is 1.60. The molecule has 1 fully saturated rings. The van der Waals surface area contributed by atoms with E-state index in [9.17, 15) is 9.59 Å². The Hall–Kier alpha value is -3.36. The number of fused-ring (bicyclic) bond motifs is 4. The van der Waals surface area contributed by atoms with Crippen LogP contribution in [0.4, 0.5) is 0 Å². The van der Waals surface area contributed by atoms with E-state index in [4.69, 9.17) is 9.47 Å². The quantitative estimate of drug-likeness (QED) is 0.448. The summed E-state index contributed by atoms with van der Waals surface area (Å²) in [6, 6.07) is 15.8. The minimum absolute atomic E-state index is 0.00968. The second-order valence-electron chi connectivity index (χ2n) is 8.68. The molecule has 1 amide bonds. The van der Waals surface area contributed by atoms with Crippen LogP contribution in [0.25, 0.3) is 21.0 Å². The molecule has 8 heteroatoms. The maximum absolute atomic E-state index is 13.3. The van der Waals surface area contributed by atoms with Crippen molar-refractivity contribution in [1.29, 1.82) is 0 Å². The van der Waals surface area contributed by atoms with Gasteiger partial charge in [0, 0.05) is 49.4 Å². The van der Waals surface area contributed by atoms with Gasteiger partial charge in [-0.2, -0.15) is 0 Å². The molecule has 2 aliphatic heterocycles. The number of amides is 1. The lowest BCUT2D eigenvalue weighted by molar-refractivity contribution is 0.0633. The van der Waals surface area contributed by atoms with Gasteiger partial charge in [-0.05, 0) is 36.8 Å². The molecule has 2 aromatic carbocycles. The van der Waals surface area contributed by atoms with Crippen LogP contribution < -0.4 is 15.0 Å². The van der Waals surface area contributed by atoms with Crippen LogP contribution in [-0.2, 0) is 13.1 Å². The van der Waals surface area contributed by atoms with Crippen molar-refractivity contribution in [2.75, 3.05) is 33.0 Å². The fraction of sp³-hybridized carbons (Fsp3) is 0.308. The molecule has 0 N–H and O–H groups in total. The molecular weight excluding hydrogens is 450 g/mol. The summed E-state index contributed by atoms with van der Waals surface area (Å²) in [6.45, 7) is 6.59. The van der Waals surface area contributed by atoms with E-state index in [0.717, 1.165) is 46.7 Å². The highest BCUT2D eigenvalue weighted by atomic mass is 32.1. The molecule has 7 nitrogen and oxygen atoms in total. The first-order chi connectivity index (χ1) is 16.6. The second-order valence-corrected chi connectivity index (χ2v) is 9.73. The van der Waals surface area contributed by atoms with Gasteiger partial charge in [-0.15, -0.1) is 11.3 Å². The third-order valence-corrected chi connectivity index (χ3v) is 7.83. The number of hydrogen-bond acceptors (Lipinski definition) is 6. The predicted molar refractivity (Wildman–Crippen MR) is 133 cm³/mol. The fourth-order valence-electron chi connectivity index (χ4n) is 4.89. The third-order valence-electron chi connectivity index (χ3n) is 6.68. The molecule has 34 heavy (non-hydrogen) atoms. The summed E-state index contributed by atoms with van der Waals surface area (Å²) in [5, 5.41) is 1.66. The molecule has 0 radical (unpaired) electrons. The largest absolute Gasteiger partial charge is 0.454 e. The van der Waals surface area contributed by atoms with Crippen molar-refractivity contribution < 1.29 is 14.3 Å². The molecule has 0 bridgehead atoms. The summed E-state index contributed by atoms with van der Waals surface area (Å²) in [5.41, 5.74) is 2.06. The van der Waals surface area contributed by atoms with Crippen LogP contribution in [0, 0.1) is 0 Å². The van der Waals surface area contributed by atoms with Gasteiger partial charge >= 0.3 is 0 Å². The zero-order valence-electron chi connectivity index (χ0n) is 19.0. The molecule has 4 aromatic rings. The molecule has 174 valence electrons. The minimum Gasteiger partial charge on any atom is -0.454 e. The summed E-state index contributed by atoms with van der Waals surface area (Å²) in [4.78, 5) is 31.3. The van der Waals surface area contributed by atoms with Crippen molar-refractivity contribution in [2.45, 2.75) is 20.0 Å². The van der Waals surface area contributed by atoms with E-state index in [0.29, 0.717) is 29.9 Å². The molecule has 2 aromatic heterocycles. The molecule has 0 spiro atoms. The van der Waals surface area contributed by atoms with Gasteiger partial charge in [0.05, 0.1) is 15.8 Å². The molecule has 4 heterocycles. The first kappa shape index (κ1) is 21.2. The summed E-state index contributed by atoms with van der Waals surface area (Å²) in [7, 11) is 0. The van der Waals surface area contributed by atoms with Gasteiger partial charge in [-0.1, -0.05) is 24.3 Å². The Morgan fingerprint density at radius 1 is 0.971 bits per heavy atom. The number of nitrogens with zero attached hydrogens (tertiary/aromatic N) is 3. The van der Waals surface area contributed by atoms with Gasteiger partial charge in [0.1, 0.15) is 0 Å². The molecule has 6 rings (SSSR count). The number of benzene rings is 2. The number of ether oxygens (including phenoxy) is 2. The van der Waals surface area contributed by atoms with Gasteiger partial charge < -0.3 is 18.9 Å². The average molecular weight is 476 g/mol. The third kappa shape index (κ3) is 3.54. The lowest BCUT2D eigenvalue weighted by atomic mass is 10.1. The normalized spacial score (nSPS) is 16.0. The number of hydrogen-bond donors (Lipinski definition) is 0. The second kappa shape index (κ2) is 8.45. The van der Waals surface area contributed by atoms with Gasteiger partial charge in [0.2, 0.25) is 6.79 Å². The topological polar surface area (TPSA) is 64.0 Å². The average Bonchev–Trinajstić information content (AvgIpc) is 3.52. The van der Waals surface area contributed by atoms with E-state index >= 15 is 0 Å². The van der Waals surface area contributed by atoms with Crippen LogP contribution in [-0.4, -0.2) is 53.2 Å². The van der Waals surface area contributed by atoms with Crippen molar-refractivity contribution in [3.05, 3.63) is 69.3 Å². The lowest BCUT2D eigenvalue weighted by Gasteiger charge is -2.34. The van der Waals surface area contributed by atoms with E-state index in [-0.39, 0.29) is 18.3 Å². The number of para-hydroxylation sites is 1. The fourth-order valence-corrected chi connectivity index (χ4v) is 6.04. The first-order valence-electron chi connectivity index (χ1n) is 11.6. The van der Waals surface area contributed by atoms with Crippen molar-refractivity contribution in [1.82, 2.24) is 14.4 Å². The van der Waals surface area contributed by atoms with Crippen molar-refractivity contribution >= 4 is 38.2 Å². The molecule has 0 aliphatic carbocycles. The summed E-state index contributed by atoms with van der Waals surface area (Å²) in [6.07, 6.45) is 0. The number of carbonyl (C=O) groups excluding carboxylic acids is 1. The first-order valence-corrected chi connectivity index (χ1v) is 12.4. The maximum Gasteiger partial charge on any atom is 0.264 e. The zero-order valence-corrected chi connectivity index (χ0v) is 19.8. The number of rotatable bonds is 4. The van der Waals surface area contributed by atoms with Crippen LogP contribution >= 0.6 is 11.3 Å². The van der Waals surface area contributed by atoms with Crippen LogP contribution in [0.1, 0.15) is 22.2 Å². The minimum atomic E-state index is -0.0277. The highest BCUT2D eigenvalue weighted by Crippen LogP contribution is 2.33. The Balaban J connectivity index is 1.20. The summed E-state index contributed by atoms with van der Waals surface area (Å²) < 4.78 is 13.6. The molecule has 2 aliphatic rings. The van der Waals surface area contributed by atoms with Crippen molar-refractivity contribution in [3.8, 4) is 11.5 Å². The van der Waals surface area contributed by atoms with E-state index in [1.807, 2.05) is 48.2 Å². The number of carbonyl (C=O) groups is 1. The monoisotopic (exact) mass is 475 g/mol. The number of pyridine rings is 1. The van der Waals surface area contributed by atoms with Crippen LogP contribution in [0.5, 0.6) is 11.5 Å². The van der Waals surface area contributed by atoms with E-state index < -0.39 is 0 Å². The molecular formula is C26H25N3O4S. The van der Waals surface area contributed by atoms with Gasteiger partial charge in [-0.25, -0.2) is 0 Å². The molecule has 0 atom stereocenters. The molecule has 0 unspecified atom stereocenters. The van der Waals surface area contributed by atoms with E-state index in [1.54, 1.807) is 10.6 Å². The maximum atomic E-state index is 13.3. The zero-order chi connectivity index (χ0) is 23.2. The van der Waals surface area contributed by atoms with Gasteiger partial charge in [0.25, 0.3) is 11.5 Å². The van der Waals surface area contributed by atoms with Crippen molar-refractivity contribution in [2.24, 2.45) is 0 Å². The Morgan fingerprint density at radius 2 is 1.76 bits per heavy atom. The summed E-state index contributed by atoms with van der Waals surface area (Å²) >= 11 is 1.43.